The van der Waals surface area contributed by atoms with Gasteiger partial charge in [0.1, 0.15) is 0 Å². The van der Waals surface area contributed by atoms with E-state index in [4.69, 9.17) is 0 Å². The first-order chi connectivity index (χ1) is 15.7. The second-order valence-corrected chi connectivity index (χ2v) is 10.2. The average molecular weight is 464 g/mol. The highest BCUT2D eigenvalue weighted by molar-refractivity contribution is 7.92. The normalized spacial score (nSPS) is 14.3. The average Bonchev–Trinajstić information content (AvgIpc) is 2.81. The number of piperazine rings is 1. The number of carbonyl (C=O) groups excluding carboxylic acids is 1. The molecule has 4 rings (SSSR count). The van der Waals surface area contributed by atoms with Crippen LogP contribution in [0, 0.1) is 20.8 Å². The maximum atomic E-state index is 13.0. The number of hydrogen-bond donors (Lipinski definition) is 1. The Balaban J connectivity index is 1.39. The molecule has 0 bridgehead atoms. The highest BCUT2D eigenvalue weighted by Gasteiger charge is 2.23. The van der Waals surface area contributed by atoms with Crippen LogP contribution in [0.3, 0.4) is 0 Å². The van der Waals surface area contributed by atoms with Gasteiger partial charge >= 0.3 is 0 Å². The van der Waals surface area contributed by atoms with Gasteiger partial charge in [0.2, 0.25) is 0 Å². The molecule has 3 aromatic rings. The largest absolute Gasteiger partial charge is 0.368 e. The number of carbonyl (C=O) groups is 1. The van der Waals surface area contributed by atoms with Crippen LogP contribution in [0.2, 0.25) is 0 Å². The molecule has 1 saturated heterocycles. The zero-order valence-electron chi connectivity index (χ0n) is 19.2. The summed E-state index contributed by atoms with van der Waals surface area (Å²) >= 11 is 0. The zero-order valence-corrected chi connectivity index (χ0v) is 20.0. The van der Waals surface area contributed by atoms with E-state index in [-0.39, 0.29) is 10.8 Å². The second kappa shape index (κ2) is 9.27. The Morgan fingerprint density at radius 2 is 1.45 bits per heavy atom. The molecule has 0 spiro atoms. The number of nitrogens with one attached hydrogen (secondary N) is 1. The molecule has 3 aromatic carbocycles. The highest BCUT2D eigenvalue weighted by Crippen LogP contribution is 2.24. The molecule has 1 aliphatic rings. The Morgan fingerprint density at radius 1 is 0.818 bits per heavy atom. The summed E-state index contributed by atoms with van der Waals surface area (Å²) in [6, 6.07) is 19.6. The smallest absolute Gasteiger partial charge is 0.261 e. The molecular weight excluding hydrogens is 434 g/mol. The minimum absolute atomic E-state index is 0.0384. The van der Waals surface area contributed by atoms with E-state index in [2.05, 4.69) is 41.7 Å². The third-order valence-corrected chi connectivity index (χ3v) is 7.60. The fourth-order valence-electron chi connectivity index (χ4n) is 4.02. The number of aryl methyl sites for hydroxylation is 2. The highest BCUT2D eigenvalue weighted by atomic mass is 32.2. The predicted molar refractivity (Wildman–Crippen MR) is 132 cm³/mol. The lowest BCUT2D eigenvalue weighted by Gasteiger charge is -2.37. The molecular formula is C26H29N3O3S. The van der Waals surface area contributed by atoms with Gasteiger partial charge in [-0.2, -0.15) is 0 Å². The first-order valence-electron chi connectivity index (χ1n) is 11.0. The van der Waals surface area contributed by atoms with Gasteiger partial charge in [0, 0.05) is 43.1 Å². The van der Waals surface area contributed by atoms with Gasteiger partial charge in [0.15, 0.2) is 0 Å². The molecule has 172 valence electrons. The molecule has 1 N–H and O–H groups in total. The standard InChI is InChI=1S/C26H29N3O3S/c1-19-7-13-24(14-8-19)33(31,32)27-23-11-9-22(10-12-23)26(30)29-17-15-28(16-18-29)25-6-4-5-20(2)21(25)3/h4-14,27H,15-18H2,1-3H3. The lowest BCUT2D eigenvalue weighted by molar-refractivity contribution is 0.0747. The van der Waals surface area contributed by atoms with Crippen molar-refractivity contribution in [1.29, 1.82) is 0 Å². The predicted octanol–water partition coefficient (Wildman–Crippen LogP) is 4.38. The molecule has 1 fully saturated rings. The third-order valence-electron chi connectivity index (χ3n) is 6.20. The number of hydrogen-bond acceptors (Lipinski definition) is 4. The SMILES string of the molecule is Cc1ccc(S(=O)(=O)Nc2ccc(C(=O)N3CCN(c4cccc(C)c4C)CC3)cc2)cc1. The Hall–Kier alpha value is -3.32. The van der Waals surface area contributed by atoms with Gasteiger partial charge in [-0.1, -0.05) is 29.8 Å². The lowest BCUT2D eigenvalue weighted by Crippen LogP contribution is -2.49. The van der Waals surface area contributed by atoms with Crippen molar-refractivity contribution in [3.05, 3.63) is 89.0 Å². The minimum Gasteiger partial charge on any atom is -0.368 e. The Morgan fingerprint density at radius 3 is 2.09 bits per heavy atom. The molecule has 0 atom stereocenters. The summed E-state index contributed by atoms with van der Waals surface area (Å²) in [5, 5.41) is 0. The van der Waals surface area contributed by atoms with Crippen LogP contribution < -0.4 is 9.62 Å². The third kappa shape index (κ3) is 5.03. The van der Waals surface area contributed by atoms with Gasteiger partial charge < -0.3 is 9.80 Å². The number of sulfonamides is 1. The topological polar surface area (TPSA) is 69.7 Å². The number of nitrogens with zero attached hydrogens (tertiary/aromatic N) is 2. The maximum absolute atomic E-state index is 13.0. The van der Waals surface area contributed by atoms with Crippen molar-refractivity contribution in [2.75, 3.05) is 35.8 Å². The van der Waals surface area contributed by atoms with E-state index in [0.717, 1.165) is 18.7 Å². The molecule has 0 radical (unpaired) electrons. The maximum Gasteiger partial charge on any atom is 0.261 e. The van der Waals surface area contributed by atoms with E-state index in [9.17, 15) is 13.2 Å². The molecule has 0 saturated carbocycles. The first kappa shape index (κ1) is 22.9. The first-order valence-corrected chi connectivity index (χ1v) is 12.5. The van der Waals surface area contributed by atoms with E-state index < -0.39 is 10.0 Å². The number of benzene rings is 3. The van der Waals surface area contributed by atoms with E-state index >= 15 is 0 Å². The van der Waals surface area contributed by atoms with Crippen molar-refractivity contribution in [3.63, 3.8) is 0 Å². The van der Waals surface area contributed by atoms with Crippen LogP contribution in [-0.4, -0.2) is 45.4 Å². The van der Waals surface area contributed by atoms with Gasteiger partial charge in [-0.3, -0.25) is 9.52 Å². The molecule has 33 heavy (non-hydrogen) atoms. The van der Waals surface area contributed by atoms with Crippen molar-refractivity contribution in [1.82, 2.24) is 4.90 Å². The Kier molecular flexibility index (Phi) is 6.42. The fraction of sp³-hybridized carbons (Fsp3) is 0.269. The molecule has 6 nitrogen and oxygen atoms in total. The van der Waals surface area contributed by atoms with Crippen LogP contribution >= 0.6 is 0 Å². The summed E-state index contributed by atoms with van der Waals surface area (Å²) in [5.41, 5.74) is 5.74. The van der Waals surface area contributed by atoms with Crippen LogP contribution in [0.15, 0.2) is 71.6 Å². The van der Waals surface area contributed by atoms with Gasteiger partial charge in [0.25, 0.3) is 15.9 Å². The quantitative estimate of drug-likeness (QED) is 0.610. The number of rotatable bonds is 5. The van der Waals surface area contributed by atoms with Crippen LogP contribution in [0.4, 0.5) is 11.4 Å². The van der Waals surface area contributed by atoms with Gasteiger partial charge in [-0.25, -0.2) is 8.42 Å². The molecule has 0 aromatic heterocycles. The van der Waals surface area contributed by atoms with Crippen LogP contribution in [0.5, 0.6) is 0 Å². The second-order valence-electron chi connectivity index (χ2n) is 8.49. The summed E-state index contributed by atoms with van der Waals surface area (Å²) < 4.78 is 27.7. The minimum atomic E-state index is -3.67. The lowest BCUT2D eigenvalue weighted by atomic mass is 10.1. The fourth-order valence-corrected chi connectivity index (χ4v) is 5.08. The number of anilines is 2. The van der Waals surface area contributed by atoms with Crippen LogP contribution in [0.1, 0.15) is 27.0 Å². The van der Waals surface area contributed by atoms with Crippen molar-refractivity contribution in [2.24, 2.45) is 0 Å². The van der Waals surface area contributed by atoms with Crippen LogP contribution in [-0.2, 0) is 10.0 Å². The van der Waals surface area contributed by atoms with E-state index in [0.29, 0.717) is 24.3 Å². The Labute approximate surface area is 195 Å². The summed E-state index contributed by atoms with van der Waals surface area (Å²) in [4.78, 5) is 17.4. The van der Waals surface area contributed by atoms with Crippen molar-refractivity contribution in [3.8, 4) is 0 Å². The summed E-state index contributed by atoms with van der Waals surface area (Å²) in [6.45, 7) is 9.01. The molecule has 0 unspecified atom stereocenters. The molecule has 1 aliphatic heterocycles. The van der Waals surface area contributed by atoms with Crippen LogP contribution in [0.25, 0.3) is 0 Å². The van der Waals surface area contributed by atoms with Gasteiger partial charge in [-0.05, 0) is 74.4 Å². The van der Waals surface area contributed by atoms with Crippen molar-refractivity contribution >= 4 is 27.3 Å². The summed E-state index contributed by atoms with van der Waals surface area (Å²) in [5.74, 6) is -0.0384. The van der Waals surface area contributed by atoms with Gasteiger partial charge in [-0.15, -0.1) is 0 Å². The van der Waals surface area contributed by atoms with E-state index in [1.165, 1.54) is 16.8 Å². The summed E-state index contributed by atoms with van der Waals surface area (Å²) in [7, 11) is -3.67. The Bertz CT molecular complexity index is 1240. The van der Waals surface area contributed by atoms with Crippen molar-refractivity contribution in [2.45, 2.75) is 25.7 Å². The summed E-state index contributed by atoms with van der Waals surface area (Å²) in [6.07, 6.45) is 0. The molecule has 7 heteroatoms. The zero-order chi connectivity index (χ0) is 23.6. The molecule has 1 amide bonds. The molecule has 1 heterocycles. The monoisotopic (exact) mass is 463 g/mol. The van der Waals surface area contributed by atoms with E-state index in [1.807, 2.05) is 11.8 Å². The van der Waals surface area contributed by atoms with E-state index in [1.54, 1.807) is 48.5 Å². The molecule has 0 aliphatic carbocycles. The number of amides is 1. The van der Waals surface area contributed by atoms with Crippen molar-refractivity contribution < 1.29 is 13.2 Å². The van der Waals surface area contributed by atoms with Gasteiger partial charge in [0.05, 0.1) is 4.90 Å².